The number of para-hydroxylation sites is 1. The minimum Gasteiger partial charge on any atom is -0.481 e. The van der Waals surface area contributed by atoms with E-state index in [0.717, 1.165) is 16.7 Å². The van der Waals surface area contributed by atoms with Crippen LogP contribution in [0, 0.1) is 13.8 Å². The van der Waals surface area contributed by atoms with Gasteiger partial charge in [-0.25, -0.2) is 4.79 Å². The van der Waals surface area contributed by atoms with Crippen LogP contribution in [0.1, 0.15) is 11.1 Å². The van der Waals surface area contributed by atoms with Gasteiger partial charge >= 0.3 is 5.97 Å². The van der Waals surface area contributed by atoms with E-state index in [1.807, 2.05) is 12.1 Å². The number of aryl methyl sites for hydroxylation is 2. The molecule has 2 aromatic carbocycles. The van der Waals surface area contributed by atoms with Crippen LogP contribution in [0.2, 0.25) is 0 Å². The normalized spacial score (nSPS) is 25.8. The lowest BCUT2D eigenvalue weighted by molar-refractivity contribution is -0.277. The van der Waals surface area contributed by atoms with Gasteiger partial charge in [0.15, 0.2) is 6.61 Å². The standard InChI is InChI=1S/C22H26O9/c1-11-7-13(8-12(2)21(11)29-10-17(24)25)14-5-3-4-6-15(14)30-22-20(28)19(27)18(26)16(9-23)31-22/h3-8,16,18-20,22-23,26-28H,9-10H2,1-2H3,(H,24,25)/t16-,18-,19-,20+,22+/m1/s1. The zero-order valence-electron chi connectivity index (χ0n) is 17.1. The summed E-state index contributed by atoms with van der Waals surface area (Å²) in [6, 6.07) is 10.6. The Kier molecular flexibility index (Phi) is 7.14. The third-order valence-electron chi connectivity index (χ3n) is 5.09. The van der Waals surface area contributed by atoms with Gasteiger partial charge in [-0.1, -0.05) is 18.2 Å². The Labute approximate surface area is 179 Å². The van der Waals surface area contributed by atoms with Crippen LogP contribution in [-0.4, -0.2) is 75.4 Å². The van der Waals surface area contributed by atoms with Gasteiger partial charge in [-0.15, -0.1) is 0 Å². The maximum atomic E-state index is 10.8. The van der Waals surface area contributed by atoms with Gasteiger partial charge in [0, 0.05) is 5.56 Å². The zero-order chi connectivity index (χ0) is 22.7. The first-order chi connectivity index (χ1) is 14.7. The second-order valence-corrected chi connectivity index (χ2v) is 7.43. The molecule has 31 heavy (non-hydrogen) atoms. The van der Waals surface area contributed by atoms with Crippen LogP contribution in [0.5, 0.6) is 11.5 Å². The molecule has 0 aliphatic carbocycles. The Morgan fingerprint density at radius 2 is 1.68 bits per heavy atom. The number of aliphatic carboxylic acids is 1. The van der Waals surface area contributed by atoms with Crippen LogP contribution < -0.4 is 9.47 Å². The van der Waals surface area contributed by atoms with E-state index < -0.39 is 49.9 Å². The van der Waals surface area contributed by atoms with Crippen molar-refractivity contribution >= 4 is 5.97 Å². The fourth-order valence-corrected chi connectivity index (χ4v) is 3.57. The Balaban J connectivity index is 1.90. The predicted molar refractivity (Wildman–Crippen MR) is 109 cm³/mol. The summed E-state index contributed by atoms with van der Waals surface area (Å²) < 4.78 is 16.6. The SMILES string of the molecule is Cc1cc(-c2ccccc2O[C@H]2O[C@H](CO)[C@@H](O)[C@@H](O)[C@@H]2O)cc(C)c1OCC(=O)O. The van der Waals surface area contributed by atoms with E-state index in [2.05, 4.69) is 0 Å². The highest BCUT2D eigenvalue weighted by atomic mass is 16.7. The first-order valence-electron chi connectivity index (χ1n) is 9.75. The van der Waals surface area contributed by atoms with Crippen molar-refractivity contribution in [3.05, 3.63) is 47.5 Å². The largest absolute Gasteiger partial charge is 0.481 e. The highest BCUT2D eigenvalue weighted by Crippen LogP contribution is 2.36. The zero-order valence-corrected chi connectivity index (χ0v) is 17.1. The lowest BCUT2D eigenvalue weighted by atomic mass is 9.98. The van der Waals surface area contributed by atoms with E-state index in [0.29, 0.717) is 17.1 Å². The Morgan fingerprint density at radius 1 is 1.03 bits per heavy atom. The fourth-order valence-electron chi connectivity index (χ4n) is 3.57. The topological polar surface area (TPSA) is 146 Å². The summed E-state index contributed by atoms with van der Waals surface area (Å²) in [7, 11) is 0. The second kappa shape index (κ2) is 9.63. The summed E-state index contributed by atoms with van der Waals surface area (Å²) in [5.74, 6) is -0.232. The number of carbonyl (C=O) groups is 1. The molecule has 0 bridgehead atoms. The van der Waals surface area contributed by atoms with Crippen LogP contribution in [-0.2, 0) is 9.53 Å². The Bertz CT molecular complexity index is 904. The highest BCUT2D eigenvalue weighted by molar-refractivity contribution is 5.73. The number of hydrogen-bond acceptors (Lipinski definition) is 8. The first kappa shape index (κ1) is 23.0. The maximum absolute atomic E-state index is 10.8. The van der Waals surface area contributed by atoms with Crippen LogP contribution in [0.3, 0.4) is 0 Å². The van der Waals surface area contributed by atoms with Crippen LogP contribution >= 0.6 is 0 Å². The number of benzene rings is 2. The number of ether oxygens (including phenoxy) is 3. The molecule has 0 unspecified atom stereocenters. The minimum atomic E-state index is -1.54. The summed E-state index contributed by atoms with van der Waals surface area (Å²) in [4.78, 5) is 10.8. The lowest BCUT2D eigenvalue weighted by Gasteiger charge is -2.39. The molecular weight excluding hydrogens is 408 g/mol. The van der Waals surface area contributed by atoms with Gasteiger partial charge in [0.2, 0.25) is 6.29 Å². The summed E-state index contributed by atoms with van der Waals surface area (Å²) in [6.07, 6.45) is -6.93. The Morgan fingerprint density at radius 3 is 2.29 bits per heavy atom. The fraction of sp³-hybridized carbons (Fsp3) is 0.409. The number of carboxylic acid groups (broad SMARTS) is 1. The van der Waals surface area contributed by atoms with Gasteiger partial charge in [-0.2, -0.15) is 0 Å². The molecule has 1 aliphatic rings. The van der Waals surface area contributed by atoms with Gasteiger partial charge in [0.1, 0.15) is 35.9 Å². The van der Waals surface area contributed by atoms with Crippen molar-refractivity contribution in [3.63, 3.8) is 0 Å². The summed E-state index contributed by atoms with van der Waals surface area (Å²) >= 11 is 0. The van der Waals surface area contributed by atoms with E-state index in [-0.39, 0.29) is 0 Å². The average molecular weight is 434 g/mol. The number of aliphatic hydroxyl groups is 4. The lowest BCUT2D eigenvalue weighted by Crippen LogP contribution is -2.60. The molecule has 0 saturated carbocycles. The van der Waals surface area contributed by atoms with E-state index in [1.165, 1.54) is 0 Å². The van der Waals surface area contributed by atoms with E-state index in [1.54, 1.807) is 38.1 Å². The highest BCUT2D eigenvalue weighted by Gasteiger charge is 2.44. The van der Waals surface area contributed by atoms with Crippen molar-refractivity contribution in [2.45, 2.75) is 44.6 Å². The molecule has 1 fully saturated rings. The summed E-state index contributed by atoms with van der Waals surface area (Å²) in [5.41, 5.74) is 2.89. The third-order valence-corrected chi connectivity index (χ3v) is 5.09. The smallest absolute Gasteiger partial charge is 0.341 e. The van der Waals surface area contributed by atoms with Gasteiger partial charge < -0.3 is 39.7 Å². The molecule has 0 amide bonds. The average Bonchev–Trinajstić information content (AvgIpc) is 2.73. The maximum Gasteiger partial charge on any atom is 0.341 e. The number of aliphatic hydroxyl groups excluding tert-OH is 4. The van der Waals surface area contributed by atoms with Gasteiger partial charge in [0.05, 0.1) is 6.61 Å². The van der Waals surface area contributed by atoms with Crippen LogP contribution in [0.4, 0.5) is 0 Å². The molecule has 5 N–H and O–H groups in total. The third kappa shape index (κ3) is 4.97. The monoisotopic (exact) mass is 434 g/mol. The molecule has 168 valence electrons. The van der Waals surface area contributed by atoms with Crippen molar-refractivity contribution < 1.29 is 44.5 Å². The molecular formula is C22H26O9. The Hall–Kier alpha value is -2.69. The van der Waals surface area contributed by atoms with Gasteiger partial charge in [-0.3, -0.25) is 0 Å². The first-order valence-corrected chi connectivity index (χ1v) is 9.75. The summed E-state index contributed by atoms with van der Waals surface area (Å²) in [6.45, 7) is 2.60. The van der Waals surface area contributed by atoms with Gasteiger partial charge in [0.25, 0.3) is 0 Å². The van der Waals surface area contributed by atoms with Crippen molar-refractivity contribution in [2.24, 2.45) is 0 Å². The van der Waals surface area contributed by atoms with Crippen molar-refractivity contribution in [1.29, 1.82) is 0 Å². The van der Waals surface area contributed by atoms with Crippen LogP contribution in [0.15, 0.2) is 36.4 Å². The minimum absolute atomic E-state index is 0.352. The summed E-state index contributed by atoms with van der Waals surface area (Å²) in [5, 5.41) is 48.4. The molecule has 0 radical (unpaired) electrons. The molecule has 3 rings (SSSR count). The molecule has 1 aliphatic heterocycles. The molecule has 1 heterocycles. The van der Waals surface area contributed by atoms with Crippen molar-refractivity contribution in [3.8, 4) is 22.6 Å². The van der Waals surface area contributed by atoms with Crippen molar-refractivity contribution in [1.82, 2.24) is 0 Å². The second-order valence-electron chi connectivity index (χ2n) is 7.43. The van der Waals surface area contributed by atoms with Gasteiger partial charge in [-0.05, 0) is 48.7 Å². The molecule has 1 saturated heterocycles. The molecule has 5 atom stereocenters. The number of hydrogen-bond donors (Lipinski definition) is 5. The predicted octanol–water partition coefficient (Wildman–Crippen LogP) is 0.613. The van der Waals surface area contributed by atoms with Crippen LogP contribution in [0.25, 0.3) is 11.1 Å². The molecule has 9 nitrogen and oxygen atoms in total. The van der Waals surface area contributed by atoms with E-state index >= 15 is 0 Å². The molecule has 0 spiro atoms. The van der Waals surface area contributed by atoms with E-state index in [4.69, 9.17) is 19.3 Å². The molecule has 2 aromatic rings. The number of carboxylic acids is 1. The van der Waals surface area contributed by atoms with Crippen molar-refractivity contribution in [2.75, 3.05) is 13.2 Å². The molecule has 0 aromatic heterocycles. The quantitative estimate of drug-likeness (QED) is 0.423. The van der Waals surface area contributed by atoms with E-state index in [9.17, 15) is 25.2 Å². The number of rotatable bonds is 7. The molecule has 9 heteroatoms.